The molecule has 0 aromatic heterocycles. The summed E-state index contributed by atoms with van der Waals surface area (Å²) in [6, 6.07) is 7.85. The molecule has 1 rings (SSSR count). The normalized spacial score (nSPS) is 10.5. The number of anilines is 1. The number of nitrogens with one attached hydrogen (secondary N) is 1. The van der Waals surface area contributed by atoms with Crippen LogP contribution in [0.2, 0.25) is 0 Å². The summed E-state index contributed by atoms with van der Waals surface area (Å²) in [6.45, 7) is 0. The van der Waals surface area contributed by atoms with E-state index in [1.165, 1.54) is 0 Å². The molecule has 0 aliphatic heterocycles. The van der Waals surface area contributed by atoms with Gasteiger partial charge in [-0.3, -0.25) is 5.84 Å². The van der Waals surface area contributed by atoms with Crippen LogP contribution in [-0.2, 0) is 0 Å². The molecular weight excluding hydrogens is 168 g/mol. The number of nitrogens with two attached hydrogens (primary N) is 1. The lowest BCUT2D eigenvalue weighted by Crippen LogP contribution is -2.06. The highest BCUT2D eigenvalue weighted by atomic mass is 32.1. The Hall–Kier alpha value is -0.930. The highest BCUT2D eigenvalue weighted by molar-refractivity contribution is 7.80. The topological polar surface area (TPSA) is 38.0 Å². The molecule has 1 aromatic rings. The fourth-order valence-corrected chi connectivity index (χ4v) is 1.03. The van der Waals surface area contributed by atoms with Gasteiger partial charge in [-0.15, -0.1) is 0 Å². The third kappa shape index (κ3) is 2.60. The zero-order chi connectivity index (χ0) is 8.81. The maximum atomic E-state index is 5.26. The van der Waals surface area contributed by atoms with Crippen molar-refractivity contribution >= 4 is 24.4 Å². The highest BCUT2D eigenvalue weighted by Crippen LogP contribution is 2.10. The Labute approximate surface area is 77.9 Å². The van der Waals surface area contributed by atoms with Crippen LogP contribution in [0.5, 0.6) is 0 Å². The van der Waals surface area contributed by atoms with Gasteiger partial charge in [0, 0.05) is 11.4 Å². The van der Waals surface area contributed by atoms with E-state index in [1.54, 1.807) is 0 Å². The molecule has 1 aromatic carbocycles. The number of hydrogen-bond donors (Lipinski definition) is 3. The second kappa shape index (κ2) is 4.85. The van der Waals surface area contributed by atoms with Gasteiger partial charge in [-0.05, 0) is 17.7 Å². The molecule has 0 heterocycles. The lowest BCUT2D eigenvalue weighted by atomic mass is 10.2. The third-order valence-corrected chi connectivity index (χ3v) is 1.68. The van der Waals surface area contributed by atoms with E-state index in [0.717, 1.165) is 17.0 Å². The van der Waals surface area contributed by atoms with Crippen LogP contribution >= 0.6 is 12.6 Å². The molecule has 0 saturated carbocycles. The highest BCUT2D eigenvalue weighted by Gasteiger charge is 1.88. The molecule has 0 unspecified atom stereocenters. The number of hydrogen-bond acceptors (Lipinski definition) is 3. The Bertz CT molecular complexity index is 271. The third-order valence-electron chi connectivity index (χ3n) is 1.47. The van der Waals surface area contributed by atoms with Gasteiger partial charge in [-0.1, -0.05) is 24.3 Å². The van der Waals surface area contributed by atoms with Gasteiger partial charge < -0.3 is 5.43 Å². The first-order chi connectivity index (χ1) is 5.86. The van der Waals surface area contributed by atoms with Gasteiger partial charge >= 0.3 is 0 Å². The van der Waals surface area contributed by atoms with Gasteiger partial charge in [0.25, 0.3) is 0 Å². The first-order valence-electron chi connectivity index (χ1n) is 3.71. The van der Waals surface area contributed by atoms with Crippen molar-refractivity contribution in [1.82, 2.24) is 0 Å². The maximum Gasteiger partial charge on any atom is 0.0491 e. The van der Waals surface area contributed by atoms with E-state index in [2.05, 4.69) is 18.1 Å². The average Bonchev–Trinajstić information content (AvgIpc) is 2.15. The monoisotopic (exact) mass is 180 g/mol. The van der Waals surface area contributed by atoms with Crippen molar-refractivity contribution in [3.05, 3.63) is 35.9 Å². The van der Waals surface area contributed by atoms with Crippen LogP contribution < -0.4 is 11.3 Å². The van der Waals surface area contributed by atoms with E-state index in [-0.39, 0.29) is 0 Å². The summed E-state index contributed by atoms with van der Waals surface area (Å²) < 4.78 is 0. The fraction of sp³-hybridized carbons (Fsp3) is 0.111. The molecule has 0 atom stereocenters. The van der Waals surface area contributed by atoms with Crippen LogP contribution in [0, 0.1) is 0 Å². The Morgan fingerprint density at radius 3 is 3.00 bits per heavy atom. The summed E-state index contributed by atoms with van der Waals surface area (Å²) >= 11 is 4.07. The van der Waals surface area contributed by atoms with E-state index in [1.807, 2.05) is 36.4 Å². The van der Waals surface area contributed by atoms with Crippen LogP contribution in [0.15, 0.2) is 30.3 Å². The van der Waals surface area contributed by atoms with E-state index < -0.39 is 0 Å². The first kappa shape index (κ1) is 9.16. The summed E-state index contributed by atoms with van der Waals surface area (Å²) in [4.78, 5) is 0. The maximum absolute atomic E-state index is 5.26. The molecule has 12 heavy (non-hydrogen) atoms. The number of thiol groups is 1. The van der Waals surface area contributed by atoms with Gasteiger partial charge in [-0.25, -0.2) is 0 Å². The summed E-state index contributed by atoms with van der Waals surface area (Å²) in [6.07, 6.45) is 3.99. The Kier molecular flexibility index (Phi) is 3.70. The van der Waals surface area contributed by atoms with Crippen LogP contribution in [0.3, 0.4) is 0 Å². The van der Waals surface area contributed by atoms with E-state index >= 15 is 0 Å². The molecule has 0 saturated heterocycles. The molecule has 2 nitrogen and oxygen atoms in total. The summed E-state index contributed by atoms with van der Waals surface area (Å²) in [5.41, 5.74) is 4.63. The van der Waals surface area contributed by atoms with Gasteiger partial charge in [0.1, 0.15) is 0 Å². The number of hydrazine groups is 1. The van der Waals surface area contributed by atoms with E-state index in [4.69, 9.17) is 5.84 Å². The SMILES string of the molecule is NNc1cccc(C=CCS)c1. The van der Waals surface area contributed by atoms with Crippen molar-refractivity contribution in [3.8, 4) is 0 Å². The zero-order valence-corrected chi connectivity index (χ0v) is 7.59. The van der Waals surface area contributed by atoms with Crippen molar-refractivity contribution in [2.24, 2.45) is 5.84 Å². The minimum atomic E-state index is 0.750. The molecule has 3 heteroatoms. The van der Waals surface area contributed by atoms with E-state index in [0.29, 0.717) is 0 Å². The van der Waals surface area contributed by atoms with Crippen LogP contribution in [-0.4, -0.2) is 5.75 Å². The minimum absolute atomic E-state index is 0.750. The summed E-state index contributed by atoms with van der Waals surface area (Å²) in [7, 11) is 0. The second-order valence-corrected chi connectivity index (χ2v) is 2.72. The van der Waals surface area contributed by atoms with Crippen LogP contribution in [0.1, 0.15) is 5.56 Å². The quantitative estimate of drug-likeness (QED) is 0.378. The van der Waals surface area contributed by atoms with Crippen molar-refractivity contribution in [1.29, 1.82) is 0 Å². The Morgan fingerprint density at radius 2 is 2.33 bits per heavy atom. The molecule has 0 radical (unpaired) electrons. The van der Waals surface area contributed by atoms with Crippen LogP contribution in [0.25, 0.3) is 6.08 Å². The largest absolute Gasteiger partial charge is 0.324 e. The van der Waals surface area contributed by atoms with Gasteiger partial charge in [0.05, 0.1) is 0 Å². The van der Waals surface area contributed by atoms with Crippen molar-refractivity contribution in [3.63, 3.8) is 0 Å². The van der Waals surface area contributed by atoms with E-state index in [9.17, 15) is 0 Å². The van der Waals surface area contributed by atoms with Gasteiger partial charge in [-0.2, -0.15) is 12.6 Å². The molecule has 3 N–H and O–H groups in total. The summed E-state index contributed by atoms with van der Waals surface area (Å²) in [5.74, 6) is 6.01. The summed E-state index contributed by atoms with van der Waals surface area (Å²) in [5, 5.41) is 0. The van der Waals surface area contributed by atoms with Crippen molar-refractivity contribution in [2.75, 3.05) is 11.2 Å². The van der Waals surface area contributed by atoms with Crippen molar-refractivity contribution < 1.29 is 0 Å². The van der Waals surface area contributed by atoms with Gasteiger partial charge in [0.2, 0.25) is 0 Å². The fourth-order valence-electron chi connectivity index (χ4n) is 0.921. The average molecular weight is 180 g/mol. The lowest BCUT2D eigenvalue weighted by molar-refractivity contribution is 1.35. The predicted molar refractivity (Wildman–Crippen MR) is 57.1 cm³/mol. The molecule has 64 valence electrons. The van der Waals surface area contributed by atoms with Crippen LogP contribution in [0.4, 0.5) is 5.69 Å². The smallest absolute Gasteiger partial charge is 0.0491 e. The predicted octanol–water partition coefficient (Wildman–Crippen LogP) is 1.92. The molecule has 0 fully saturated rings. The number of benzene rings is 1. The Balaban J connectivity index is 2.79. The minimum Gasteiger partial charge on any atom is -0.324 e. The molecule has 0 amide bonds. The zero-order valence-electron chi connectivity index (χ0n) is 6.70. The lowest BCUT2D eigenvalue weighted by Gasteiger charge is -1.99. The van der Waals surface area contributed by atoms with Gasteiger partial charge in [0.15, 0.2) is 0 Å². The molecule has 0 aliphatic carbocycles. The molecule has 0 spiro atoms. The molecular formula is C9H12N2S. The van der Waals surface area contributed by atoms with Crippen molar-refractivity contribution in [2.45, 2.75) is 0 Å². The number of nitrogen functional groups attached to an aromatic ring is 1. The molecule has 0 bridgehead atoms. The molecule has 0 aliphatic rings. The first-order valence-corrected chi connectivity index (χ1v) is 4.34. The standard InChI is InChI=1S/C9H12N2S/c10-11-9-5-1-3-8(7-9)4-2-6-12/h1-5,7,11-12H,6,10H2. The second-order valence-electron chi connectivity index (χ2n) is 2.35. The Morgan fingerprint density at radius 1 is 1.50 bits per heavy atom. The number of rotatable bonds is 3.